The van der Waals surface area contributed by atoms with Crippen LogP contribution in [0.2, 0.25) is 0 Å². The van der Waals surface area contributed by atoms with Gasteiger partial charge in [0.1, 0.15) is 0 Å². The molecule has 4 heteroatoms. The van der Waals surface area contributed by atoms with Crippen LogP contribution in [-0.4, -0.2) is 28.7 Å². The molecule has 1 aromatic heterocycles. The molecule has 1 aliphatic carbocycles. The molecule has 2 rings (SSSR count). The van der Waals surface area contributed by atoms with Gasteiger partial charge in [-0.05, 0) is 38.3 Å². The summed E-state index contributed by atoms with van der Waals surface area (Å²) in [5, 5.41) is 3.63. The quantitative estimate of drug-likeness (QED) is 0.706. The van der Waals surface area contributed by atoms with Gasteiger partial charge in [-0.3, -0.25) is 0 Å². The molecule has 1 saturated carbocycles. The summed E-state index contributed by atoms with van der Waals surface area (Å²) in [6.07, 6.45) is 10.8. The van der Waals surface area contributed by atoms with Gasteiger partial charge >= 0.3 is 0 Å². The van der Waals surface area contributed by atoms with Crippen molar-refractivity contribution < 1.29 is 0 Å². The van der Waals surface area contributed by atoms with Crippen LogP contribution >= 0.6 is 0 Å². The maximum Gasteiger partial charge on any atom is 0.0945 e. The summed E-state index contributed by atoms with van der Waals surface area (Å²) in [4.78, 5) is 4.03. The summed E-state index contributed by atoms with van der Waals surface area (Å²) in [6, 6.07) is 0.660. The third-order valence-electron chi connectivity index (χ3n) is 3.52. The molecule has 2 atom stereocenters. The fourth-order valence-corrected chi connectivity index (χ4v) is 2.56. The van der Waals surface area contributed by atoms with Crippen molar-refractivity contribution in [3.05, 3.63) is 18.7 Å². The van der Waals surface area contributed by atoms with E-state index in [-0.39, 0.29) is 0 Å². The third kappa shape index (κ3) is 3.06. The lowest BCUT2D eigenvalue weighted by Crippen LogP contribution is -2.36. The first-order valence-corrected chi connectivity index (χ1v) is 6.29. The smallest absolute Gasteiger partial charge is 0.0945 e. The summed E-state index contributed by atoms with van der Waals surface area (Å²) >= 11 is 0. The highest BCUT2D eigenvalue weighted by atomic mass is 15.0. The van der Waals surface area contributed by atoms with Gasteiger partial charge in [0.05, 0.1) is 6.33 Å². The average molecular weight is 222 g/mol. The Bertz CT molecular complexity index is 283. The van der Waals surface area contributed by atoms with Crippen molar-refractivity contribution >= 4 is 0 Å². The lowest BCUT2D eigenvalue weighted by molar-refractivity contribution is 0.400. The minimum Gasteiger partial charge on any atom is -0.337 e. The van der Waals surface area contributed by atoms with Gasteiger partial charge in [0.15, 0.2) is 0 Å². The second-order valence-electron chi connectivity index (χ2n) is 4.64. The SMILES string of the molecule is NCC1CCCC1NCCCn1ccnc1. The highest BCUT2D eigenvalue weighted by molar-refractivity contribution is 4.83. The van der Waals surface area contributed by atoms with E-state index in [9.17, 15) is 0 Å². The van der Waals surface area contributed by atoms with Crippen LogP contribution in [0.1, 0.15) is 25.7 Å². The molecule has 0 saturated heterocycles. The Morgan fingerprint density at radius 2 is 2.38 bits per heavy atom. The first-order valence-electron chi connectivity index (χ1n) is 6.29. The van der Waals surface area contributed by atoms with Crippen LogP contribution in [0.4, 0.5) is 0 Å². The molecule has 1 fully saturated rings. The molecule has 1 heterocycles. The highest BCUT2D eigenvalue weighted by Crippen LogP contribution is 2.24. The topological polar surface area (TPSA) is 55.9 Å². The Morgan fingerprint density at radius 3 is 3.12 bits per heavy atom. The van der Waals surface area contributed by atoms with Gasteiger partial charge in [0, 0.05) is 25.0 Å². The molecule has 3 N–H and O–H groups in total. The van der Waals surface area contributed by atoms with Gasteiger partial charge in [0.2, 0.25) is 0 Å². The van der Waals surface area contributed by atoms with E-state index in [0.717, 1.165) is 26.1 Å². The van der Waals surface area contributed by atoms with Gasteiger partial charge in [-0.15, -0.1) is 0 Å². The minimum atomic E-state index is 0.660. The van der Waals surface area contributed by atoms with Crippen molar-refractivity contribution in [2.24, 2.45) is 11.7 Å². The van der Waals surface area contributed by atoms with E-state index in [1.165, 1.54) is 19.3 Å². The minimum absolute atomic E-state index is 0.660. The van der Waals surface area contributed by atoms with Gasteiger partial charge in [-0.25, -0.2) is 4.98 Å². The highest BCUT2D eigenvalue weighted by Gasteiger charge is 2.24. The molecule has 4 nitrogen and oxygen atoms in total. The van der Waals surface area contributed by atoms with Crippen molar-refractivity contribution in [2.45, 2.75) is 38.3 Å². The molecule has 0 bridgehead atoms. The van der Waals surface area contributed by atoms with E-state index in [2.05, 4.69) is 14.9 Å². The number of hydrogen-bond acceptors (Lipinski definition) is 3. The summed E-state index contributed by atoms with van der Waals surface area (Å²) in [7, 11) is 0. The van der Waals surface area contributed by atoms with Crippen LogP contribution in [0.15, 0.2) is 18.7 Å². The zero-order valence-corrected chi connectivity index (χ0v) is 9.81. The average Bonchev–Trinajstić information content (AvgIpc) is 2.95. The predicted octanol–water partition coefficient (Wildman–Crippen LogP) is 0.990. The lowest BCUT2D eigenvalue weighted by atomic mass is 10.0. The van der Waals surface area contributed by atoms with Crippen molar-refractivity contribution in [2.75, 3.05) is 13.1 Å². The molecular weight excluding hydrogens is 200 g/mol. The Balaban J connectivity index is 1.61. The first-order chi connectivity index (χ1) is 7.90. The largest absolute Gasteiger partial charge is 0.337 e. The maximum absolute atomic E-state index is 5.75. The van der Waals surface area contributed by atoms with Crippen LogP contribution < -0.4 is 11.1 Å². The van der Waals surface area contributed by atoms with Gasteiger partial charge < -0.3 is 15.6 Å². The molecule has 1 aliphatic rings. The van der Waals surface area contributed by atoms with E-state index in [0.29, 0.717) is 12.0 Å². The standard InChI is InChI=1S/C12H22N4/c13-9-11-3-1-4-12(11)15-5-2-7-16-8-6-14-10-16/h6,8,10-12,15H,1-5,7,9,13H2. The molecule has 2 unspecified atom stereocenters. The van der Waals surface area contributed by atoms with Crippen LogP contribution in [0, 0.1) is 5.92 Å². The second-order valence-corrected chi connectivity index (χ2v) is 4.64. The number of aryl methyl sites for hydroxylation is 1. The molecule has 0 radical (unpaired) electrons. The zero-order valence-electron chi connectivity index (χ0n) is 9.81. The van der Waals surface area contributed by atoms with E-state index in [4.69, 9.17) is 5.73 Å². The van der Waals surface area contributed by atoms with Gasteiger partial charge in [-0.1, -0.05) is 6.42 Å². The third-order valence-corrected chi connectivity index (χ3v) is 3.52. The number of aromatic nitrogens is 2. The Kier molecular flexibility index (Phi) is 4.36. The molecule has 1 aromatic rings. The van der Waals surface area contributed by atoms with Gasteiger partial charge in [0.25, 0.3) is 0 Å². The monoisotopic (exact) mass is 222 g/mol. The lowest BCUT2D eigenvalue weighted by Gasteiger charge is -2.19. The van der Waals surface area contributed by atoms with Crippen molar-refractivity contribution in [3.8, 4) is 0 Å². The Hall–Kier alpha value is -0.870. The van der Waals surface area contributed by atoms with E-state index < -0.39 is 0 Å². The van der Waals surface area contributed by atoms with Crippen LogP contribution in [0.3, 0.4) is 0 Å². The Labute approximate surface area is 97.2 Å². The second kappa shape index (κ2) is 6.01. The molecule has 0 spiro atoms. The van der Waals surface area contributed by atoms with Crippen molar-refractivity contribution in [1.82, 2.24) is 14.9 Å². The summed E-state index contributed by atoms with van der Waals surface area (Å²) in [6.45, 7) is 2.96. The van der Waals surface area contributed by atoms with Crippen LogP contribution in [-0.2, 0) is 6.54 Å². The molecular formula is C12H22N4. The van der Waals surface area contributed by atoms with E-state index in [1.807, 2.05) is 18.7 Å². The number of nitrogens with one attached hydrogen (secondary N) is 1. The summed E-state index contributed by atoms with van der Waals surface area (Å²) in [5.74, 6) is 0.702. The van der Waals surface area contributed by atoms with Crippen molar-refractivity contribution in [3.63, 3.8) is 0 Å². The number of imidazole rings is 1. The van der Waals surface area contributed by atoms with E-state index in [1.54, 1.807) is 0 Å². The zero-order chi connectivity index (χ0) is 11.2. The van der Waals surface area contributed by atoms with Crippen LogP contribution in [0.5, 0.6) is 0 Å². The number of nitrogens with two attached hydrogens (primary N) is 1. The van der Waals surface area contributed by atoms with Gasteiger partial charge in [-0.2, -0.15) is 0 Å². The number of nitrogens with zero attached hydrogens (tertiary/aromatic N) is 2. The maximum atomic E-state index is 5.75. The summed E-state index contributed by atoms with van der Waals surface area (Å²) in [5.41, 5.74) is 5.75. The molecule has 0 aromatic carbocycles. The Morgan fingerprint density at radius 1 is 1.44 bits per heavy atom. The summed E-state index contributed by atoms with van der Waals surface area (Å²) < 4.78 is 2.12. The van der Waals surface area contributed by atoms with E-state index >= 15 is 0 Å². The molecule has 90 valence electrons. The number of rotatable bonds is 6. The molecule has 0 aliphatic heterocycles. The molecule has 0 amide bonds. The first kappa shape index (κ1) is 11.6. The van der Waals surface area contributed by atoms with Crippen molar-refractivity contribution in [1.29, 1.82) is 0 Å². The fraction of sp³-hybridized carbons (Fsp3) is 0.750. The number of hydrogen-bond donors (Lipinski definition) is 2. The normalized spacial score (nSPS) is 25.1. The van der Waals surface area contributed by atoms with Crippen LogP contribution in [0.25, 0.3) is 0 Å². The predicted molar refractivity (Wildman–Crippen MR) is 65.0 cm³/mol. The fourth-order valence-electron chi connectivity index (χ4n) is 2.56. The molecule has 16 heavy (non-hydrogen) atoms.